The number of hydrogen-bond donors (Lipinski definition) is 1. The molecule has 2 amide bonds. The zero-order chi connectivity index (χ0) is 13.8. The number of carbonyl (C=O) groups is 2. The molecule has 0 aliphatic carbocycles. The molecular weight excluding hydrogens is 244 g/mol. The van der Waals surface area contributed by atoms with Crippen LogP contribution in [0.4, 0.5) is 5.69 Å². The molecule has 1 aromatic carbocycles. The van der Waals surface area contributed by atoms with Gasteiger partial charge in [0, 0.05) is 25.7 Å². The number of rotatable bonds is 3. The third kappa shape index (κ3) is 3.05. The number of methoxy groups -OCH3 is 1. The minimum atomic E-state index is -0.162. The Hall–Kier alpha value is -2.04. The third-order valence-corrected chi connectivity index (χ3v) is 3.14. The molecule has 0 unspecified atom stereocenters. The summed E-state index contributed by atoms with van der Waals surface area (Å²) in [6, 6.07) is 5.09. The van der Waals surface area contributed by atoms with Gasteiger partial charge in [-0.1, -0.05) is 0 Å². The van der Waals surface area contributed by atoms with Gasteiger partial charge in [0.1, 0.15) is 5.75 Å². The van der Waals surface area contributed by atoms with Crippen molar-refractivity contribution in [3.63, 3.8) is 0 Å². The van der Waals surface area contributed by atoms with E-state index in [0.29, 0.717) is 17.0 Å². The number of likely N-dealkylation sites (tertiary alicyclic amines) is 1. The monoisotopic (exact) mass is 262 g/mol. The van der Waals surface area contributed by atoms with Gasteiger partial charge in [-0.25, -0.2) is 0 Å². The lowest BCUT2D eigenvalue weighted by molar-refractivity contribution is -0.114. The molecule has 0 atom stereocenters. The largest absolute Gasteiger partial charge is 0.496 e. The molecule has 5 heteroatoms. The number of ether oxygens (including phenoxy) is 1. The second kappa shape index (κ2) is 5.73. The van der Waals surface area contributed by atoms with Crippen molar-refractivity contribution in [2.45, 2.75) is 19.8 Å². The van der Waals surface area contributed by atoms with E-state index in [2.05, 4.69) is 5.32 Å². The highest BCUT2D eigenvalue weighted by Gasteiger charge is 2.22. The van der Waals surface area contributed by atoms with Gasteiger partial charge in [-0.05, 0) is 31.0 Å². The molecule has 0 bridgehead atoms. The van der Waals surface area contributed by atoms with E-state index in [1.54, 1.807) is 18.2 Å². The van der Waals surface area contributed by atoms with Gasteiger partial charge in [0.25, 0.3) is 5.91 Å². The lowest BCUT2D eigenvalue weighted by Gasteiger charge is -2.18. The number of anilines is 1. The summed E-state index contributed by atoms with van der Waals surface area (Å²) in [4.78, 5) is 25.3. The van der Waals surface area contributed by atoms with E-state index in [4.69, 9.17) is 4.74 Å². The van der Waals surface area contributed by atoms with Crippen LogP contribution < -0.4 is 10.1 Å². The van der Waals surface area contributed by atoms with Crippen molar-refractivity contribution in [3.05, 3.63) is 23.8 Å². The SMILES string of the molecule is COc1ccc(NC(C)=O)cc1C(=O)N1CCCC1. The van der Waals surface area contributed by atoms with E-state index in [9.17, 15) is 9.59 Å². The van der Waals surface area contributed by atoms with Crippen molar-refractivity contribution in [1.29, 1.82) is 0 Å². The van der Waals surface area contributed by atoms with Gasteiger partial charge in [-0.2, -0.15) is 0 Å². The van der Waals surface area contributed by atoms with Crippen molar-refractivity contribution >= 4 is 17.5 Å². The smallest absolute Gasteiger partial charge is 0.257 e. The quantitative estimate of drug-likeness (QED) is 0.905. The molecule has 1 saturated heterocycles. The Morgan fingerprint density at radius 1 is 1.26 bits per heavy atom. The van der Waals surface area contributed by atoms with Crippen molar-refractivity contribution in [2.24, 2.45) is 0 Å². The van der Waals surface area contributed by atoms with Crippen LogP contribution in [0.3, 0.4) is 0 Å². The Morgan fingerprint density at radius 3 is 2.53 bits per heavy atom. The number of amides is 2. The highest BCUT2D eigenvalue weighted by atomic mass is 16.5. The zero-order valence-corrected chi connectivity index (χ0v) is 11.2. The summed E-state index contributed by atoms with van der Waals surface area (Å²) in [6.07, 6.45) is 2.08. The molecule has 1 fully saturated rings. The van der Waals surface area contributed by atoms with Gasteiger partial charge in [0.15, 0.2) is 0 Å². The maximum Gasteiger partial charge on any atom is 0.257 e. The first kappa shape index (κ1) is 13.4. The first-order valence-electron chi connectivity index (χ1n) is 6.36. The van der Waals surface area contributed by atoms with Gasteiger partial charge >= 0.3 is 0 Å². The van der Waals surface area contributed by atoms with E-state index in [1.807, 2.05) is 4.90 Å². The summed E-state index contributed by atoms with van der Waals surface area (Å²) < 4.78 is 5.23. The molecule has 19 heavy (non-hydrogen) atoms. The molecule has 0 saturated carbocycles. The van der Waals surface area contributed by atoms with Crippen LogP contribution in [0.2, 0.25) is 0 Å². The Morgan fingerprint density at radius 2 is 1.95 bits per heavy atom. The molecule has 5 nitrogen and oxygen atoms in total. The normalized spacial score (nSPS) is 14.3. The number of nitrogens with one attached hydrogen (secondary N) is 1. The molecule has 2 rings (SSSR count). The van der Waals surface area contributed by atoms with Gasteiger partial charge in [0.05, 0.1) is 12.7 Å². The van der Waals surface area contributed by atoms with Gasteiger partial charge < -0.3 is 15.0 Å². The van der Waals surface area contributed by atoms with E-state index < -0.39 is 0 Å². The molecule has 1 aliphatic rings. The summed E-state index contributed by atoms with van der Waals surface area (Å²) in [5, 5.41) is 2.68. The first-order chi connectivity index (χ1) is 9.11. The summed E-state index contributed by atoms with van der Waals surface area (Å²) >= 11 is 0. The van der Waals surface area contributed by atoms with Crippen LogP contribution in [0.1, 0.15) is 30.1 Å². The first-order valence-corrected chi connectivity index (χ1v) is 6.36. The lowest BCUT2D eigenvalue weighted by atomic mass is 10.1. The zero-order valence-electron chi connectivity index (χ0n) is 11.2. The fourth-order valence-corrected chi connectivity index (χ4v) is 2.25. The minimum absolute atomic E-state index is 0.0402. The average Bonchev–Trinajstić information content (AvgIpc) is 2.91. The predicted molar refractivity (Wildman–Crippen MR) is 72.4 cm³/mol. The molecular formula is C14H18N2O3. The summed E-state index contributed by atoms with van der Waals surface area (Å²) in [5.41, 5.74) is 1.10. The Balaban J connectivity index is 2.29. The fourth-order valence-electron chi connectivity index (χ4n) is 2.25. The molecule has 0 radical (unpaired) electrons. The molecule has 0 spiro atoms. The third-order valence-electron chi connectivity index (χ3n) is 3.14. The van der Waals surface area contributed by atoms with Crippen LogP contribution in [0.5, 0.6) is 5.75 Å². The Bertz CT molecular complexity index is 493. The number of benzene rings is 1. The van der Waals surface area contributed by atoms with Crippen LogP contribution in [-0.2, 0) is 4.79 Å². The molecule has 1 N–H and O–H groups in total. The number of nitrogens with zero attached hydrogens (tertiary/aromatic N) is 1. The summed E-state index contributed by atoms with van der Waals surface area (Å²) in [7, 11) is 1.54. The van der Waals surface area contributed by atoms with Crippen LogP contribution >= 0.6 is 0 Å². The van der Waals surface area contributed by atoms with Gasteiger partial charge in [0.2, 0.25) is 5.91 Å². The molecule has 102 valence electrons. The molecule has 1 heterocycles. The second-order valence-electron chi connectivity index (χ2n) is 4.60. The topological polar surface area (TPSA) is 58.6 Å². The van der Waals surface area contributed by atoms with Crippen molar-refractivity contribution < 1.29 is 14.3 Å². The van der Waals surface area contributed by atoms with Crippen LogP contribution in [0.25, 0.3) is 0 Å². The van der Waals surface area contributed by atoms with Crippen LogP contribution in [-0.4, -0.2) is 36.9 Å². The predicted octanol–water partition coefficient (Wildman–Crippen LogP) is 1.89. The lowest BCUT2D eigenvalue weighted by Crippen LogP contribution is -2.28. The van der Waals surface area contributed by atoms with Crippen molar-refractivity contribution in [1.82, 2.24) is 4.90 Å². The number of carbonyl (C=O) groups excluding carboxylic acids is 2. The number of hydrogen-bond acceptors (Lipinski definition) is 3. The second-order valence-corrected chi connectivity index (χ2v) is 4.60. The average molecular weight is 262 g/mol. The van der Waals surface area contributed by atoms with Gasteiger partial charge in [-0.3, -0.25) is 9.59 Å². The molecule has 0 aromatic heterocycles. The van der Waals surface area contributed by atoms with E-state index in [1.165, 1.54) is 14.0 Å². The maximum atomic E-state index is 12.4. The highest BCUT2D eigenvalue weighted by molar-refractivity contribution is 5.99. The minimum Gasteiger partial charge on any atom is -0.496 e. The van der Waals surface area contributed by atoms with Crippen molar-refractivity contribution in [3.8, 4) is 5.75 Å². The summed E-state index contributed by atoms with van der Waals surface area (Å²) in [6.45, 7) is 3.00. The van der Waals surface area contributed by atoms with E-state index in [0.717, 1.165) is 25.9 Å². The Kier molecular flexibility index (Phi) is 4.04. The molecule has 1 aromatic rings. The van der Waals surface area contributed by atoms with Crippen LogP contribution in [0.15, 0.2) is 18.2 Å². The van der Waals surface area contributed by atoms with Crippen LogP contribution in [0, 0.1) is 0 Å². The highest BCUT2D eigenvalue weighted by Crippen LogP contribution is 2.25. The maximum absolute atomic E-state index is 12.4. The standard InChI is InChI=1S/C14H18N2O3/c1-10(17)15-11-5-6-13(19-2)12(9-11)14(18)16-7-3-4-8-16/h5-6,9H,3-4,7-8H2,1-2H3,(H,15,17). The summed E-state index contributed by atoms with van der Waals surface area (Å²) in [5.74, 6) is 0.331. The Labute approximate surface area is 112 Å². The van der Waals surface area contributed by atoms with E-state index >= 15 is 0 Å². The molecule has 1 aliphatic heterocycles. The van der Waals surface area contributed by atoms with Crippen molar-refractivity contribution in [2.75, 3.05) is 25.5 Å². The van der Waals surface area contributed by atoms with Gasteiger partial charge in [-0.15, -0.1) is 0 Å². The van der Waals surface area contributed by atoms with E-state index in [-0.39, 0.29) is 11.8 Å². The fraction of sp³-hybridized carbons (Fsp3) is 0.429.